The van der Waals surface area contributed by atoms with Crippen LogP contribution in [0.15, 0.2) is 35.6 Å². The van der Waals surface area contributed by atoms with Gasteiger partial charge < -0.3 is 24.8 Å². The molecule has 0 bridgehead atoms. The maximum absolute atomic E-state index is 5.41. The van der Waals surface area contributed by atoms with Crippen molar-refractivity contribution >= 4 is 29.9 Å². The second-order valence-corrected chi connectivity index (χ2v) is 6.44. The molecular formula is C20H32IN5O3. The van der Waals surface area contributed by atoms with Crippen molar-refractivity contribution in [3.63, 3.8) is 0 Å². The molecule has 1 aromatic heterocycles. The van der Waals surface area contributed by atoms with Crippen molar-refractivity contribution < 1.29 is 14.2 Å². The van der Waals surface area contributed by atoms with Gasteiger partial charge in [-0.2, -0.15) is 5.10 Å². The highest BCUT2D eigenvalue weighted by Gasteiger charge is 2.13. The summed E-state index contributed by atoms with van der Waals surface area (Å²) in [6.07, 6.45) is 3.77. The topological polar surface area (TPSA) is 81.9 Å². The third kappa shape index (κ3) is 7.64. The van der Waals surface area contributed by atoms with Gasteiger partial charge in [0.25, 0.3) is 0 Å². The molecule has 0 aliphatic rings. The van der Waals surface area contributed by atoms with Crippen LogP contribution in [0.25, 0.3) is 0 Å². The second-order valence-electron chi connectivity index (χ2n) is 6.44. The number of nitrogens with one attached hydrogen (secondary N) is 2. The first-order valence-electron chi connectivity index (χ1n) is 9.39. The molecule has 2 N–H and O–H groups in total. The monoisotopic (exact) mass is 517 g/mol. The van der Waals surface area contributed by atoms with Gasteiger partial charge in [-0.3, -0.25) is 4.68 Å². The highest BCUT2D eigenvalue weighted by atomic mass is 127. The molecule has 2 aromatic rings. The van der Waals surface area contributed by atoms with Crippen LogP contribution < -0.4 is 24.8 Å². The number of aromatic nitrogens is 2. The normalized spacial score (nSPS) is 12.0. The zero-order chi connectivity index (χ0) is 20.4. The summed E-state index contributed by atoms with van der Waals surface area (Å²) in [5, 5.41) is 10.9. The summed E-state index contributed by atoms with van der Waals surface area (Å²) in [6, 6.07) is 5.76. The van der Waals surface area contributed by atoms with E-state index in [1.165, 1.54) is 0 Å². The molecule has 1 atom stereocenters. The third-order valence-electron chi connectivity index (χ3n) is 4.16. The Morgan fingerprint density at radius 2 is 1.83 bits per heavy atom. The van der Waals surface area contributed by atoms with E-state index in [4.69, 9.17) is 14.2 Å². The van der Waals surface area contributed by atoms with Gasteiger partial charge in [0.1, 0.15) is 0 Å². The number of guanidine groups is 1. The molecule has 0 spiro atoms. The number of rotatable bonds is 10. The van der Waals surface area contributed by atoms with E-state index in [1.807, 2.05) is 36.0 Å². The molecule has 0 saturated heterocycles. The number of ether oxygens (including phenoxy) is 3. The first-order chi connectivity index (χ1) is 13.6. The van der Waals surface area contributed by atoms with Crippen LogP contribution in [0.1, 0.15) is 19.4 Å². The number of nitrogens with zero attached hydrogens (tertiary/aromatic N) is 3. The largest absolute Gasteiger partial charge is 0.493 e. The first-order valence-corrected chi connectivity index (χ1v) is 9.39. The van der Waals surface area contributed by atoms with Crippen LogP contribution in [0.4, 0.5) is 0 Å². The quantitative estimate of drug-likeness (QED) is 0.287. The Labute approximate surface area is 190 Å². The number of halogens is 1. The summed E-state index contributed by atoms with van der Waals surface area (Å²) in [7, 11) is 4.81. The van der Waals surface area contributed by atoms with Crippen molar-refractivity contribution in [3.8, 4) is 17.2 Å². The van der Waals surface area contributed by atoms with Gasteiger partial charge in [0.15, 0.2) is 17.5 Å². The van der Waals surface area contributed by atoms with Gasteiger partial charge in [-0.1, -0.05) is 6.92 Å². The average Bonchev–Trinajstić information content (AvgIpc) is 3.21. The molecule has 9 heteroatoms. The minimum atomic E-state index is 0. The molecule has 2 rings (SSSR count). The Balaban J connectivity index is 0.00000420. The SMILES string of the molecule is CCNC(=NCc1cc(OC)c(OC)c(OC)c1)NCC(C)Cn1cccn1.I. The highest BCUT2D eigenvalue weighted by Crippen LogP contribution is 2.38. The van der Waals surface area contributed by atoms with Gasteiger partial charge in [0.2, 0.25) is 5.75 Å². The molecule has 1 unspecified atom stereocenters. The molecule has 0 radical (unpaired) electrons. The Morgan fingerprint density at radius 1 is 1.14 bits per heavy atom. The van der Waals surface area contributed by atoms with Crippen molar-refractivity contribution in [2.24, 2.45) is 10.9 Å². The van der Waals surface area contributed by atoms with Crippen LogP contribution in [0.3, 0.4) is 0 Å². The molecule has 1 aromatic carbocycles. The number of hydrogen-bond donors (Lipinski definition) is 2. The predicted octanol–water partition coefficient (Wildman–Crippen LogP) is 2.92. The average molecular weight is 517 g/mol. The van der Waals surface area contributed by atoms with Gasteiger partial charge in [-0.25, -0.2) is 4.99 Å². The zero-order valence-corrected chi connectivity index (χ0v) is 20.1. The lowest BCUT2D eigenvalue weighted by molar-refractivity contribution is 0.324. The van der Waals surface area contributed by atoms with Gasteiger partial charge >= 0.3 is 0 Å². The van der Waals surface area contributed by atoms with Crippen molar-refractivity contribution in [1.82, 2.24) is 20.4 Å². The summed E-state index contributed by atoms with van der Waals surface area (Å²) in [6.45, 7) is 7.14. The summed E-state index contributed by atoms with van der Waals surface area (Å²) in [4.78, 5) is 4.68. The van der Waals surface area contributed by atoms with Crippen LogP contribution in [-0.2, 0) is 13.1 Å². The Morgan fingerprint density at radius 3 is 2.34 bits per heavy atom. The molecule has 0 aliphatic carbocycles. The minimum absolute atomic E-state index is 0. The molecule has 162 valence electrons. The summed E-state index contributed by atoms with van der Waals surface area (Å²) in [5.41, 5.74) is 0.969. The number of aliphatic imine (C=N–C) groups is 1. The van der Waals surface area contributed by atoms with Gasteiger partial charge in [-0.15, -0.1) is 24.0 Å². The smallest absolute Gasteiger partial charge is 0.203 e. The van der Waals surface area contributed by atoms with Crippen LogP contribution in [0.5, 0.6) is 17.2 Å². The maximum atomic E-state index is 5.41. The van der Waals surface area contributed by atoms with Crippen molar-refractivity contribution in [1.29, 1.82) is 0 Å². The summed E-state index contributed by atoms with van der Waals surface area (Å²) >= 11 is 0. The maximum Gasteiger partial charge on any atom is 0.203 e. The van der Waals surface area contributed by atoms with E-state index in [0.717, 1.165) is 31.2 Å². The standard InChI is InChI=1S/C20H31N5O3.HI/c1-6-21-20(22-12-15(2)14-25-9-7-8-24-25)23-13-16-10-17(26-3)19(28-5)18(11-16)27-4;/h7-11,15H,6,12-14H2,1-5H3,(H2,21,22,23);1H. The third-order valence-corrected chi connectivity index (χ3v) is 4.16. The van der Waals surface area contributed by atoms with Gasteiger partial charge in [-0.05, 0) is 36.6 Å². The van der Waals surface area contributed by atoms with E-state index >= 15 is 0 Å². The minimum Gasteiger partial charge on any atom is -0.493 e. The Bertz CT molecular complexity index is 728. The van der Waals surface area contributed by atoms with E-state index in [1.54, 1.807) is 27.5 Å². The molecule has 0 aliphatic heterocycles. The van der Waals surface area contributed by atoms with Crippen molar-refractivity contribution in [2.45, 2.75) is 26.9 Å². The molecule has 0 fully saturated rings. The number of methoxy groups -OCH3 is 3. The van der Waals surface area contributed by atoms with E-state index < -0.39 is 0 Å². The van der Waals surface area contributed by atoms with Gasteiger partial charge in [0.05, 0.1) is 27.9 Å². The van der Waals surface area contributed by atoms with Crippen LogP contribution in [0.2, 0.25) is 0 Å². The Hall–Kier alpha value is -2.17. The summed E-state index contributed by atoms with van der Waals surface area (Å²) in [5.74, 6) is 3.00. The lowest BCUT2D eigenvalue weighted by Gasteiger charge is -2.16. The lowest BCUT2D eigenvalue weighted by Crippen LogP contribution is -2.40. The fourth-order valence-electron chi connectivity index (χ4n) is 2.80. The number of hydrogen-bond acceptors (Lipinski definition) is 5. The van der Waals surface area contributed by atoms with E-state index in [2.05, 4.69) is 27.6 Å². The fraction of sp³-hybridized carbons (Fsp3) is 0.500. The van der Waals surface area contributed by atoms with Gasteiger partial charge in [0, 0.05) is 32.0 Å². The summed E-state index contributed by atoms with van der Waals surface area (Å²) < 4.78 is 18.1. The van der Waals surface area contributed by atoms with E-state index in [0.29, 0.717) is 29.7 Å². The zero-order valence-electron chi connectivity index (χ0n) is 17.8. The lowest BCUT2D eigenvalue weighted by atomic mass is 10.2. The van der Waals surface area contributed by atoms with Crippen LogP contribution in [-0.4, -0.2) is 50.2 Å². The molecule has 0 amide bonds. The van der Waals surface area contributed by atoms with E-state index in [-0.39, 0.29) is 24.0 Å². The van der Waals surface area contributed by atoms with E-state index in [9.17, 15) is 0 Å². The van der Waals surface area contributed by atoms with Crippen LogP contribution >= 0.6 is 24.0 Å². The second kappa shape index (κ2) is 13.1. The highest BCUT2D eigenvalue weighted by molar-refractivity contribution is 14.0. The Kier molecular flexibility index (Phi) is 11.3. The molecular weight excluding hydrogens is 485 g/mol. The van der Waals surface area contributed by atoms with Crippen molar-refractivity contribution in [3.05, 3.63) is 36.2 Å². The number of benzene rings is 1. The molecule has 29 heavy (non-hydrogen) atoms. The van der Waals surface area contributed by atoms with Crippen molar-refractivity contribution in [2.75, 3.05) is 34.4 Å². The molecule has 0 saturated carbocycles. The first kappa shape index (κ1) is 24.9. The van der Waals surface area contributed by atoms with Crippen LogP contribution in [0, 0.1) is 5.92 Å². The predicted molar refractivity (Wildman–Crippen MR) is 126 cm³/mol. The fourth-order valence-corrected chi connectivity index (χ4v) is 2.80. The molecule has 8 nitrogen and oxygen atoms in total. The molecule has 1 heterocycles.